The van der Waals surface area contributed by atoms with Crippen LogP contribution in [0.2, 0.25) is 0 Å². The molecule has 0 radical (unpaired) electrons. The van der Waals surface area contributed by atoms with E-state index in [-0.39, 0.29) is 11.4 Å². The number of hydrogen-bond acceptors (Lipinski definition) is 3. The van der Waals surface area contributed by atoms with Gasteiger partial charge in [-0.15, -0.1) is 0 Å². The molecule has 0 aromatic heterocycles. The van der Waals surface area contributed by atoms with E-state index in [0.717, 1.165) is 18.5 Å². The van der Waals surface area contributed by atoms with Crippen LogP contribution in [0.5, 0.6) is 0 Å². The van der Waals surface area contributed by atoms with Gasteiger partial charge in [-0.3, -0.25) is 4.79 Å². The monoisotopic (exact) mass is 248 g/mol. The van der Waals surface area contributed by atoms with Crippen molar-refractivity contribution in [3.05, 3.63) is 29.8 Å². The summed E-state index contributed by atoms with van der Waals surface area (Å²) in [4.78, 5) is 12.3. The van der Waals surface area contributed by atoms with Crippen LogP contribution in [0.4, 0.5) is 5.69 Å². The predicted molar refractivity (Wildman–Crippen MR) is 71.9 cm³/mol. The number of carbonyl (C=O) groups is 1. The minimum atomic E-state index is -0.157. The van der Waals surface area contributed by atoms with Crippen LogP contribution < -0.4 is 10.6 Å². The van der Waals surface area contributed by atoms with Gasteiger partial charge in [0.15, 0.2) is 0 Å². The predicted octanol–water partition coefficient (Wildman–Crippen LogP) is 2.03. The van der Waals surface area contributed by atoms with Crippen LogP contribution in [0.15, 0.2) is 24.3 Å². The Morgan fingerprint density at radius 3 is 2.61 bits per heavy atom. The first kappa shape index (κ1) is 12.9. The van der Waals surface area contributed by atoms with Gasteiger partial charge in [0, 0.05) is 31.5 Å². The molecule has 1 aromatic rings. The Kier molecular flexibility index (Phi) is 3.87. The number of rotatable bonds is 3. The molecule has 1 saturated heterocycles. The molecule has 1 aliphatic rings. The third-order valence-corrected chi connectivity index (χ3v) is 3.45. The molecule has 0 bridgehead atoms. The van der Waals surface area contributed by atoms with E-state index in [1.54, 1.807) is 0 Å². The van der Waals surface area contributed by atoms with Gasteiger partial charge in [-0.2, -0.15) is 0 Å². The zero-order chi connectivity index (χ0) is 13.0. The molecule has 1 heterocycles. The Morgan fingerprint density at radius 2 is 1.94 bits per heavy atom. The highest BCUT2D eigenvalue weighted by atomic mass is 16.5. The number of nitrogens with one attached hydrogen (secondary N) is 2. The topological polar surface area (TPSA) is 50.4 Å². The summed E-state index contributed by atoms with van der Waals surface area (Å²) >= 11 is 0. The number of anilines is 1. The fourth-order valence-electron chi connectivity index (χ4n) is 2.19. The highest BCUT2D eigenvalue weighted by Crippen LogP contribution is 2.22. The van der Waals surface area contributed by atoms with Crippen molar-refractivity contribution >= 4 is 11.6 Å². The van der Waals surface area contributed by atoms with Gasteiger partial charge < -0.3 is 15.4 Å². The molecular weight excluding hydrogens is 228 g/mol. The molecule has 1 fully saturated rings. The molecule has 1 aliphatic heterocycles. The molecule has 2 rings (SSSR count). The van der Waals surface area contributed by atoms with E-state index >= 15 is 0 Å². The minimum Gasteiger partial charge on any atom is -0.387 e. The van der Waals surface area contributed by atoms with Crippen LogP contribution >= 0.6 is 0 Å². The second-order valence-electron chi connectivity index (χ2n) is 4.92. The number of ether oxygens (including phenoxy) is 1. The smallest absolute Gasteiger partial charge is 0.253 e. The quantitative estimate of drug-likeness (QED) is 0.860. The average molecular weight is 248 g/mol. The summed E-state index contributed by atoms with van der Waals surface area (Å²) in [5.41, 5.74) is 1.38. The molecule has 4 nitrogen and oxygen atoms in total. The van der Waals surface area contributed by atoms with Crippen LogP contribution in [0, 0.1) is 0 Å². The Labute approximate surface area is 108 Å². The second kappa shape index (κ2) is 5.40. The Balaban J connectivity index is 2.11. The fourth-order valence-corrected chi connectivity index (χ4v) is 2.19. The molecule has 0 spiro atoms. The first-order valence-corrected chi connectivity index (χ1v) is 6.32. The average Bonchev–Trinajstić information content (AvgIpc) is 2.39. The summed E-state index contributed by atoms with van der Waals surface area (Å²) in [6.45, 7) is 3.50. The van der Waals surface area contributed by atoms with Gasteiger partial charge in [0.2, 0.25) is 0 Å². The normalized spacial score (nSPS) is 18.1. The maximum atomic E-state index is 12.3. The highest BCUT2D eigenvalue weighted by Gasteiger charge is 2.29. The summed E-state index contributed by atoms with van der Waals surface area (Å²) in [7, 11) is 1.82. The largest absolute Gasteiger partial charge is 0.387 e. The first-order valence-electron chi connectivity index (χ1n) is 6.32. The lowest BCUT2D eigenvalue weighted by molar-refractivity contribution is 0.0423. The van der Waals surface area contributed by atoms with Crippen molar-refractivity contribution in [3.63, 3.8) is 0 Å². The number of amides is 1. The van der Waals surface area contributed by atoms with Crippen molar-refractivity contribution in [1.29, 1.82) is 0 Å². The van der Waals surface area contributed by atoms with Crippen molar-refractivity contribution in [1.82, 2.24) is 5.32 Å². The van der Waals surface area contributed by atoms with Crippen molar-refractivity contribution < 1.29 is 9.53 Å². The fraction of sp³-hybridized carbons (Fsp3) is 0.500. The number of benzene rings is 1. The molecule has 0 saturated carbocycles. The van der Waals surface area contributed by atoms with Crippen molar-refractivity contribution in [3.8, 4) is 0 Å². The van der Waals surface area contributed by atoms with Gasteiger partial charge in [-0.1, -0.05) is 12.1 Å². The summed E-state index contributed by atoms with van der Waals surface area (Å²) in [6, 6.07) is 7.53. The first-order chi connectivity index (χ1) is 8.64. The molecule has 1 aromatic carbocycles. The van der Waals surface area contributed by atoms with Crippen molar-refractivity contribution in [2.45, 2.75) is 25.3 Å². The van der Waals surface area contributed by atoms with Gasteiger partial charge in [0.05, 0.1) is 5.56 Å². The molecule has 0 atom stereocenters. The SMILES string of the molecule is CNc1ccccc1C(=O)NC1(C)CCOCC1. The van der Waals surface area contributed by atoms with Crippen LogP contribution in [0.3, 0.4) is 0 Å². The number of hydrogen-bond donors (Lipinski definition) is 2. The Morgan fingerprint density at radius 1 is 1.28 bits per heavy atom. The molecule has 18 heavy (non-hydrogen) atoms. The van der Waals surface area contributed by atoms with E-state index in [0.29, 0.717) is 18.8 Å². The molecule has 4 heteroatoms. The van der Waals surface area contributed by atoms with E-state index in [1.165, 1.54) is 0 Å². The lowest BCUT2D eigenvalue weighted by Gasteiger charge is -2.34. The van der Waals surface area contributed by atoms with E-state index < -0.39 is 0 Å². The second-order valence-corrected chi connectivity index (χ2v) is 4.92. The zero-order valence-corrected chi connectivity index (χ0v) is 11.0. The molecule has 0 unspecified atom stereocenters. The van der Waals surface area contributed by atoms with Crippen molar-refractivity contribution in [2.24, 2.45) is 0 Å². The maximum absolute atomic E-state index is 12.3. The third kappa shape index (κ3) is 2.82. The molecule has 0 aliphatic carbocycles. The summed E-state index contributed by atoms with van der Waals surface area (Å²) in [5, 5.41) is 6.17. The van der Waals surface area contributed by atoms with E-state index in [2.05, 4.69) is 17.6 Å². The van der Waals surface area contributed by atoms with E-state index in [9.17, 15) is 4.79 Å². The van der Waals surface area contributed by atoms with Gasteiger partial charge in [0.25, 0.3) is 5.91 Å². The molecule has 2 N–H and O–H groups in total. The third-order valence-electron chi connectivity index (χ3n) is 3.45. The summed E-state index contributed by atoms with van der Waals surface area (Å²) < 4.78 is 5.33. The minimum absolute atomic E-state index is 0.0237. The van der Waals surface area contributed by atoms with Crippen LogP contribution in [0.25, 0.3) is 0 Å². The number of carbonyl (C=O) groups excluding carboxylic acids is 1. The summed E-state index contributed by atoms with van der Waals surface area (Å²) in [6.07, 6.45) is 1.72. The highest BCUT2D eigenvalue weighted by molar-refractivity contribution is 5.99. The van der Waals surface area contributed by atoms with Gasteiger partial charge in [-0.05, 0) is 31.9 Å². The lowest BCUT2D eigenvalue weighted by Crippen LogP contribution is -2.49. The van der Waals surface area contributed by atoms with Crippen LogP contribution in [-0.4, -0.2) is 31.7 Å². The number of para-hydroxylation sites is 1. The van der Waals surface area contributed by atoms with Crippen LogP contribution in [0.1, 0.15) is 30.1 Å². The van der Waals surface area contributed by atoms with E-state index in [1.807, 2.05) is 31.3 Å². The lowest BCUT2D eigenvalue weighted by atomic mass is 9.92. The van der Waals surface area contributed by atoms with Gasteiger partial charge in [0.1, 0.15) is 0 Å². The summed E-state index contributed by atoms with van der Waals surface area (Å²) in [5.74, 6) is -0.0237. The molecule has 1 amide bonds. The van der Waals surface area contributed by atoms with Gasteiger partial charge in [-0.25, -0.2) is 0 Å². The van der Waals surface area contributed by atoms with E-state index in [4.69, 9.17) is 4.74 Å². The Hall–Kier alpha value is -1.55. The molecular formula is C14H20N2O2. The Bertz CT molecular complexity index is 426. The molecule has 98 valence electrons. The standard InChI is InChI=1S/C14H20N2O2/c1-14(7-9-18-10-8-14)16-13(17)11-5-3-4-6-12(11)15-2/h3-6,15H,7-10H2,1-2H3,(H,16,17). The van der Waals surface area contributed by atoms with Crippen molar-refractivity contribution in [2.75, 3.05) is 25.6 Å². The maximum Gasteiger partial charge on any atom is 0.253 e. The van der Waals surface area contributed by atoms with Crippen LogP contribution in [-0.2, 0) is 4.74 Å². The zero-order valence-electron chi connectivity index (χ0n) is 11.0. The van der Waals surface area contributed by atoms with Gasteiger partial charge >= 0.3 is 0 Å².